The molecular formula is C24H25N7O2S2. The minimum atomic E-state index is -0.557. The number of anilines is 1. The van der Waals surface area contributed by atoms with Gasteiger partial charge in [-0.2, -0.15) is 0 Å². The zero-order chi connectivity index (χ0) is 23.8. The number of aromatic nitrogens is 5. The molecule has 35 heavy (non-hydrogen) atoms. The van der Waals surface area contributed by atoms with Gasteiger partial charge in [-0.1, -0.05) is 24.2 Å². The molecule has 4 aromatic rings. The van der Waals surface area contributed by atoms with Gasteiger partial charge >= 0.3 is 0 Å². The lowest BCUT2D eigenvalue weighted by molar-refractivity contribution is -0.124. The molecule has 1 fully saturated rings. The van der Waals surface area contributed by atoms with Gasteiger partial charge in [0.2, 0.25) is 5.91 Å². The van der Waals surface area contributed by atoms with Crippen molar-refractivity contribution in [2.24, 2.45) is 0 Å². The van der Waals surface area contributed by atoms with Crippen molar-refractivity contribution in [1.29, 1.82) is 0 Å². The summed E-state index contributed by atoms with van der Waals surface area (Å²) in [7, 11) is 0. The average Bonchev–Trinajstić information content (AvgIpc) is 3.66. The molecule has 1 saturated carbocycles. The Morgan fingerprint density at radius 2 is 2.00 bits per heavy atom. The fourth-order valence-electron chi connectivity index (χ4n) is 4.94. The lowest BCUT2D eigenvalue weighted by Crippen LogP contribution is -2.36. The summed E-state index contributed by atoms with van der Waals surface area (Å²) in [5, 5.41) is 17.8. The van der Waals surface area contributed by atoms with Crippen molar-refractivity contribution >= 4 is 44.4 Å². The number of hydrogen-bond acceptors (Lipinski definition) is 9. The lowest BCUT2D eigenvalue weighted by Gasteiger charge is -2.15. The number of fused-ring (bicyclic) bond motifs is 2. The fraction of sp³-hybridized carbons (Fsp3) is 0.417. The minimum Gasteiger partial charge on any atom is -0.373 e. The fourth-order valence-corrected chi connectivity index (χ4v) is 6.86. The van der Waals surface area contributed by atoms with E-state index in [1.165, 1.54) is 30.3 Å². The third-order valence-corrected chi connectivity index (χ3v) is 8.95. The van der Waals surface area contributed by atoms with E-state index in [1.54, 1.807) is 35.1 Å². The molecule has 1 atom stereocenters. The van der Waals surface area contributed by atoms with Crippen LogP contribution in [-0.2, 0) is 24.3 Å². The van der Waals surface area contributed by atoms with Gasteiger partial charge in [-0.05, 0) is 31.4 Å². The van der Waals surface area contributed by atoms with E-state index < -0.39 is 6.04 Å². The number of hydrogen-bond donors (Lipinski definition) is 2. The Labute approximate surface area is 209 Å². The maximum atomic E-state index is 13.2. The van der Waals surface area contributed by atoms with Crippen molar-refractivity contribution < 1.29 is 4.79 Å². The number of nitrogens with one attached hydrogen (secondary N) is 2. The number of amides is 1. The molecule has 2 N–H and O–H groups in total. The Bertz CT molecular complexity index is 1400. The smallest absolute Gasteiger partial charge is 0.277 e. The van der Waals surface area contributed by atoms with Crippen molar-refractivity contribution in [2.45, 2.75) is 63.6 Å². The molecular weight excluding hydrogens is 482 g/mol. The van der Waals surface area contributed by atoms with E-state index in [0.717, 1.165) is 25.0 Å². The maximum Gasteiger partial charge on any atom is 0.277 e. The largest absolute Gasteiger partial charge is 0.373 e. The number of carbonyl (C=O) groups is 1. The standard InChI is InChI=1S/C24H25N7O2S2/c32-22(28-11-16-9-15-10-25-8-7-19(15)34-16)18-5-6-20-27-12-17(24(33)31(18)20)26-13-21-29-30-23(35-21)14-3-1-2-4-14/h7-10,12,14,18,26H,1-6,11,13H2,(H,28,32)/t18-/m0/s1. The summed E-state index contributed by atoms with van der Waals surface area (Å²) < 4.78 is 2.67. The first-order valence-corrected chi connectivity index (χ1v) is 13.6. The zero-order valence-corrected chi connectivity index (χ0v) is 20.7. The molecule has 0 saturated heterocycles. The quantitative estimate of drug-likeness (QED) is 0.391. The van der Waals surface area contributed by atoms with Crippen molar-refractivity contribution in [3.05, 3.63) is 61.8 Å². The molecule has 1 aliphatic heterocycles. The molecule has 2 aliphatic rings. The van der Waals surface area contributed by atoms with Crippen LogP contribution in [0.2, 0.25) is 0 Å². The van der Waals surface area contributed by atoms with Gasteiger partial charge in [0.15, 0.2) is 0 Å². The highest BCUT2D eigenvalue weighted by atomic mass is 32.1. The second-order valence-electron chi connectivity index (χ2n) is 9.03. The molecule has 1 aliphatic carbocycles. The summed E-state index contributed by atoms with van der Waals surface area (Å²) in [6.45, 7) is 0.836. The number of pyridine rings is 1. The molecule has 6 rings (SSSR count). The Morgan fingerprint density at radius 1 is 1.11 bits per heavy atom. The van der Waals surface area contributed by atoms with E-state index in [2.05, 4.69) is 30.8 Å². The minimum absolute atomic E-state index is 0.161. The van der Waals surface area contributed by atoms with E-state index in [-0.39, 0.29) is 11.5 Å². The number of carbonyl (C=O) groups excluding carboxylic acids is 1. The highest BCUT2D eigenvalue weighted by Gasteiger charge is 2.31. The Hall–Kier alpha value is -3.18. The first-order chi connectivity index (χ1) is 17.2. The normalized spacial score (nSPS) is 17.7. The molecule has 180 valence electrons. The number of aryl methyl sites for hydroxylation is 1. The first kappa shape index (κ1) is 22.3. The summed E-state index contributed by atoms with van der Waals surface area (Å²) >= 11 is 3.24. The molecule has 5 heterocycles. The van der Waals surface area contributed by atoms with Crippen LogP contribution in [0.4, 0.5) is 5.69 Å². The lowest BCUT2D eigenvalue weighted by atomic mass is 10.1. The van der Waals surface area contributed by atoms with E-state index in [0.29, 0.717) is 43.4 Å². The van der Waals surface area contributed by atoms with Gasteiger partial charge in [0.1, 0.15) is 27.6 Å². The second kappa shape index (κ2) is 9.46. The zero-order valence-electron chi connectivity index (χ0n) is 19.1. The number of nitrogens with zero attached hydrogens (tertiary/aromatic N) is 5. The van der Waals surface area contributed by atoms with Gasteiger partial charge < -0.3 is 10.6 Å². The SMILES string of the molecule is O=C(NCc1cc2cnccc2s1)[C@@H]1CCc2ncc(NCc3nnc(C4CCCC4)s3)c(=O)n21. The molecule has 11 heteroatoms. The summed E-state index contributed by atoms with van der Waals surface area (Å²) in [5.74, 6) is 1.01. The van der Waals surface area contributed by atoms with Crippen LogP contribution in [0.5, 0.6) is 0 Å². The number of thiophene rings is 1. The number of rotatable bonds is 7. The van der Waals surface area contributed by atoms with Crippen molar-refractivity contribution in [2.75, 3.05) is 5.32 Å². The summed E-state index contributed by atoms with van der Waals surface area (Å²) in [5.41, 5.74) is 0.157. The third kappa shape index (κ3) is 4.45. The molecule has 0 aromatic carbocycles. The van der Waals surface area contributed by atoms with Crippen LogP contribution in [0, 0.1) is 0 Å². The topological polar surface area (TPSA) is 115 Å². The van der Waals surface area contributed by atoms with Gasteiger partial charge in [-0.3, -0.25) is 19.1 Å². The van der Waals surface area contributed by atoms with Crippen LogP contribution < -0.4 is 16.2 Å². The van der Waals surface area contributed by atoms with Crippen LogP contribution in [0.15, 0.2) is 35.5 Å². The van der Waals surface area contributed by atoms with Gasteiger partial charge in [-0.25, -0.2) is 4.98 Å². The molecule has 4 aromatic heterocycles. The van der Waals surface area contributed by atoms with Crippen LogP contribution in [0.1, 0.15) is 64.8 Å². The molecule has 0 bridgehead atoms. The predicted molar refractivity (Wildman–Crippen MR) is 136 cm³/mol. The Balaban J connectivity index is 1.13. The van der Waals surface area contributed by atoms with Gasteiger partial charge in [-0.15, -0.1) is 21.5 Å². The van der Waals surface area contributed by atoms with Gasteiger partial charge in [0.05, 0.1) is 19.3 Å². The first-order valence-electron chi connectivity index (χ1n) is 11.9. The molecule has 1 amide bonds. The van der Waals surface area contributed by atoms with Crippen LogP contribution >= 0.6 is 22.7 Å². The highest BCUT2D eigenvalue weighted by Crippen LogP contribution is 2.35. The van der Waals surface area contributed by atoms with Crippen LogP contribution in [0.25, 0.3) is 10.1 Å². The van der Waals surface area contributed by atoms with Crippen molar-refractivity contribution in [3.63, 3.8) is 0 Å². The average molecular weight is 508 g/mol. The summed E-state index contributed by atoms with van der Waals surface area (Å²) in [4.78, 5) is 35.9. The van der Waals surface area contributed by atoms with E-state index in [4.69, 9.17) is 0 Å². The van der Waals surface area contributed by atoms with Crippen LogP contribution in [0.3, 0.4) is 0 Å². The molecule has 0 radical (unpaired) electrons. The molecule has 0 unspecified atom stereocenters. The molecule has 9 nitrogen and oxygen atoms in total. The van der Waals surface area contributed by atoms with E-state index in [9.17, 15) is 9.59 Å². The predicted octanol–water partition coefficient (Wildman–Crippen LogP) is 3.78. The Kier molecular flexibility index (Phi) is 6.03. The monoisotopic (exact) mass is 507 g/mol. The Morgan fingerprint density at radius 3 is 2.86 bits per heavy atom. The van der Waals surface area contributed by atoms with Crippen molar-refractivity contribution in [1.82, 2.24) is 30.0 Å². The summed E-state index contributed by atoms with van der Waals surface area (Å²) in [6.07, 6.45) is 11.2. The van der Waals surface area contributed by atoms with Gasteiger partial charge in [0, 0.05) is 39.7 Å². The van der Waals surface area contributed by atoms with Gasteiger partial charge in [0.25, 0.3) is 5.56 Å². The molecule has 0 spiro atoms. The highest BCUT2D eigenvalue weighted by molar-refractivity contribution is 7.19. The summed E-state index contributed by atoms with van der Waals surface area (Å²) in [6, 6.07) is 3.45. The third-order valence-electron chi connectivity index (χ3n) is 6.75. The van der Waals surface area contributed by atoms with E-state index >= 15 is 0 Å². The maximum absolute atomic E-state index is 13.2. The van der Waals surface area contributed by atoms with Crippen molar-refractivity contribution in [3.8, 4) is 0 Å². The second-order valence-corrected chi connectivity index (χ2v) is 11.3. The van der Waals surface area contributed by atoms with E-state index in [1.807, 2.05) is 18.3 Å². The van der Waals surface area contributed by atoms with Crippen LogP contribution in [-0.4, -0.2) is 30.6 Å².